The Labute approximate surface area is 161 Å². The largest absolute Gasteiger partial charge is 0.481 e. The number of Topliss-reactive ketones (excluding diaryl/α,β-unsaturated/α-hetero) is 1. The molecule has 1 rings (SSSR count). The SMILES string of the molecule is CC/C=C\C/C=C\C[C@@H]1C(=O)C[C@@H](O)[C@@H]1/C=C/[C@@H](O)C/C=C\CCC(=O)O. The van der Waals surface area contributed by atoms with Gasteiger partial charge in [0.2, 0.25) is 0 Å². The van der Waals surface area contributed by atoms with E-state index in [1.54, 1.807) is 24.3 Å². The van der Waals surface area contributed by atoms with Gasteiger partial charge >= 0.3 is 5.97 Å². The van der Waals surface area contributed by atoms with Crippen LogP contribution in [0.5, 0.6) is 0 Å². The molecule has 1 saturated carbocycles. The molecule has 0 unspecified atom stereocenters. The number of carbonyl (C=O) groups is 2. The Hall–Kier alpha value is -1.98. The van der Waals surface area contributed by atoms with Crippen LogP contribution in [0.1, 0.15) is 51.9 Å². The molecule has 1 aliphatic carbocycles. The van der Waals surface area contributed by atoms with Crippen molar-refractivity contribution in [3.8, 4) is 0 Å². The van der Waals surface area contributed by atoms with Gasteiger partial charge in [0, 0.05) is 24.7 Å². The zero-order chi connectivity index (χ0) is 20.1. The van der Waals surface area contributed by atoms with E-state index in [4.69, 9.17) is 5.11 Å². The zero-order valence-electron chi connectivity index (χ0n) is 16.0. The van der Waals surface area contributed by atoms with Crippen LogP contribution in [-0.2, 0) is 9.59 Å². The van der Waals surface area contributed by atoms with Crippen molar-refractivity contribution in [2.24, 2.45) is 11.8 Å². The van der Waals surface area contributed by atoms with E-state index < -0.39 is 18.2 Å². The highest BCUT2D eigenvalue weighted by Gasteiger charge is 2.39. The van der Waals surface area contributed by atoms with Gasteiger partial charge in [0.25, 0.3) is 0 Å². The summed E-state index contributed by atoms with van der Waals surface area (Å²) in [6.45, 7) is 2.08. The second-order valence-corrected chi connectivity index (χ2v) is 6.84. The van der Waals surface area contributed by atoms with Gasteiger partial charge in [-0.1, -0.05) is 55.5 Å². The number of carboxylic acid groups (broad SMARTS) is 1. The lowest BCUT2D eigenvalue weighted by molar-refractivity contribution is -0.136. The van der Waals surface area contributed by atoms with Gasteiger partial charge in [-0.05, 0) is 32.1 Å². The molecule has 27 heavy (non-hydrogen) atoms. The van der Waals surface area contributed by atoms with Gasteiger partial charge in [-0.3, -0.25) is 9.59 Å². The molecule has 5 nitrogen and oxygen atoms in total. The highest BCUT2D eigenvalue weighted by atomic mass is 16.4. The predicted molar refractivity (Wildman–Crippen MR) is 106 cm³/mol. The number of allylic oxidation sites excluding steroid dienone is 5. The number of rotatable bonds is 12. The molecule has 0 spiro atoms. The van der Waals surface area contributed by atoms with Gasteiger partial charge in [-0.2, -0.15) is 0 Å². The number of hydrogen-bond donors (Lipinski definition) is 3. The standard InChI is InChI=1S/C22H32O5/c1-2-3-4-5-6-9-12-18-19(21(25)16-20(18)24)15-14-17(23)11-8-7-10-13-22(26)27/h3-4,6-9,14-15,17-19,21,23,25H,2,5,10-13,16H2,1H3,(H,26,27)/b4-3-,8-7-,9-6-,15-14+/t17-,18-,19+,21+/m0/s1. The predicted octanol–water partition coefficient (Wildman–Crippen LogP) is 3.58. The first-order valence-corrected chi connectivity index (χ1v) is 9.69. The summed E-state index contributed by atoms with van der Waals surface area (Å²) >= 11 is 0. The van der Waals surface area contributed by atoms with Crippen molar-refractivity contribution in [1.29, 1.82) is 0 Å². The molecule has 4 atom stereocenters. The van der Waals surface area contributed by atoms with Crippen molar-refractivity contribution in [3.63, 3.8) is 0 Å². The molecule has 150 valence electrons. The molecular weight excluding hydrogens is 344 g/mol. The molecule has 0 amide bonds. The Bertz CT molecular complexity index is 573. The lowest BCUT2D eigenvalue weighted by Crippen LogP contribution is -2.18. The molecule has 0 radical (unpaired) electrons. The van der Waals surface area contributed by atoms with Crippen LogP contribution in [-0.4, -0.2) is 39.3 Å². The minimum Gasteiger partial charge on any atom is -0.481 e. The third kappa shape index (κ3) is 9.50. The van der Waals surface area contributed by atoms with Crippen molar-refractivity contribution in [2.75, 3.05) is 0 Å². The minimum atomic E-state index is -0.846. The molecule has 1 aliphatic rings. The fraction of sp³-hybridized carbons (Fsp3) is 0.545. The molecule has 0 bridgehead atoms. The summed E-state index contributed by atoms with van der Waals surface area (Å²) in [6, 6.07) is 0. The molecule has 1 fully saturated rings. The first-order valence-electron chi connectivity index (χ1n) is 9.69. The first kappa shape index (κ1) is 23.1. The smallest absolute Gasteiger partial charge is 0.303 e. The summed E-state index contributed by atoms with van der Waals surface area (Å²) < 4.78 is 0. The number of carboxylic acids is 1. The number of ketones is 1. The van der Waals surface area contributed by atoms with Gasteiger partial charge in [0.1, 0.15) is 5.78 Å². The van der Waals surface area contributed by atoms with Crippen LogP contribution in [0, 0.1) is 11.8 Å². The maximum Gasteiger partial charge on any atom is 0.303 e. The summed E-state index contributed by atoms with van der Waals surface area (Å²) in [5.74, 6) is -1.31. The van der Waals surface area contributed by atoms with E-state index in [9.17, 15) is 19.8 Å². The third-order valence-corrected chi connectivity index (χ3v) is 4.59. The number of carbonyl (C=O) groups excluding carboxylic acids is 1. The zero-order valence-corrected chi connectivity index (χ0v) is 16.0. The lowest BCUT2D eigenvalue weighted by Gasteiger charge is -2.16. The van der Waals surface area contributed by atoms with E-state index in [-0.39, 0.29) is 30.5 Å². The van der Waals surface area contributed by atoms with Gasteiger partial charge in [0.15, 0.2) is 0 Å². The lowest BCUT2D eigenvalue weighted by atomic mass is 9.90. The molecule has 0 aromatic rings. The number of hydrogen-bond acceptors (Lipinski definition) is 4. The maximum absolute atomic E-state index is 12.1. The number of aliphatic carboxylic acids is 1. The Kier molecular flexibility index (Phi) is 11.3. The fourth-order valence-electron chi connectivity index (χ4n) is 3.10. The molecule has 0 saturated heterocycles. The van der Waals surface area contributed by atoms with Gasteiger partial charge in [-0.25, -0.2) is 0 Å². The summed E-state index contributed by atoms with van der Waals surface area (Å²) in [4.78, 5) is 22.6. The van der Waals surface area contributed by atoms with Crippen molar-refractivity contribution in [1.82, 2.24) is 0 Å². The Morgan fingerprint density at radius 1 is 1.19 bits per heavy atom. The third-order valence-electron chi connectivity index (χ3n) is 4.59. The molecule has 0 heterocycles. The van der Waals surface area contributed by atoms with E-state index in [1.165, 1.54) is 0 Å². The average molecular weight is 376 g/mol. The van der Waals surface area contributed by atoms with E-state index in [0.717, 1.165) is 12.8 Å². The van der Waals surface area contributed by atoms with Crippen molar-refractivity contribution in [3.05, 3.63) is 48.6 Å². The van der Waals surface area contributed by atoms with Gasteiger partial charge in [-0.15, -0.1) is 0 Å². The van der Waals surface area contributed by atoms with Crippen molar-refractivity contribution in [2.45, 2.75) is 64.1 Å². The normalized spacial score (nSPS) is 24.9. The van der Waals surface area contributed by atoms with Gasteiger partial charge in [0.05, 0.1) is 12.2 Å². The van der Waals surface area contributed by atoms with E-state index in [2.05, 4.69) is 19.1 Å². The summed E-state index contributed by atoms with van der Waals surface area (Å²) in [5.41, 5.74) is 0. The van der Waals surface area contributed by atoms with Crippen LogP contribution in [0.2, 0.25) is 0 Å². The average Bonchev–Trinajstić information content (AvgIpc) is 2.88. The van der Waals surface area contributed by atoms with Crippen LogP contribution in [0.4, 0.5) is 0 Å². The molecule has 0 aromatic carbocycles. The van der Waals surface area contributed by atoms with Gasteiger partial charge < -0.3 is 15.3 Å². The monoisotopic (exact) mass is 376 g/mol. The second-order valence-electron chi connectivity index (χ2n) is 6.84. The maximum atomic E-state index is 12.1. The van der Waals surface area contributed by atoms with Crippen molar-refractivity contribution < 1.29 is 24.9 Å². The highest BCUT2D eigenvalue weighted by molar-refractivity contribution is 5.84. The molecule has 5 heteroatoms. The van der Waals surface area contributed by atoms with E-state index in [1.807, 2.05) is 12.2 Å². The summed E-state index contributed by atoms with van der Waals surface area (Å²) in [5, 5.41) is 28.7. The Morgan fingerprint density at radius 2 is 1.93 bits per heavy atom. The van der Waals surface area contributed by atoms with E-state index in [0.29, 0.717) is 19.3 Å². The van der Waals surface area contributed by atoms with Crippen molar-refractivity contribution >= 4 is 11.8 Å². The number of aliphatic hydroxyl groups excluding tert-OH is 2. The molecule has 0 aromatic heterocycles. The quantitative estimate of drug-likeness (QED) is 0.453. The second kappa shape index (κ2) is 13.2. The first-order chi connectivity index (χ1) is 13.0. The molecule has 3 N–H and O–H groups in total. The highest BCUT2D eigenvalue weighted by Crippen LogP contribution is 2.33. The molecular formula is C22H32O5. The van der Waals surface area contributed by atoms with Crippen LogP contribution >= 0.6 is 0 Å². The van der Waals surface area contributed by atoms with Crippen LogP contribution in [0.3, 0.4) is 0 Å². The number of aliphatic hydroxyl groups is 2. The van der Waals surface area contributed by atoms with Crippen LogP contribution in [0.25, 0.3) is 0 Å². The topological polar surface area (TPSA) is 94.8 Å². The van der Waals surface area contributed by atoms with Crippen LogP contribution in [0.15, 0.2) is 48.6 Å². The molecule has 0 aliphatic heterocycles. The Balaban J connectivity index is 2.50. The van der Waals surface area contributed by atoms with E-state index >= 15 is 0 Å². The minimum absolute atomic E-state index is 0.0638. The summed E-state index contributed by atoms with van der Waals surface area (Å²) in [7, 11) is 0. The Morgan fingerprint density at radius 3 is 2.63 bits per heavy atom. The summed E-state index contributed by atoms with van der Waals surface area (Å²) in [6.07, 6.45) is 17.1. The fourth-order valence-corrected chi connectivity index (χ4v) is 3.10. The van der Waals surface area contributed by atoms with Crippen LogP contribution < -0.4 is 0 Å².